The van der Waals surface area contributed by atoms with E-state index in [-0.39, 0.29) is 41.3 Å². The van der Waals surface area contributed by atoms with Gasteiger partial charge in [-0.2, -0.15) is 16.8 Å². The first kappa shape index (κ1) is 35.7. The van der Waals surface area contributed by atoms with Crippen molar-refractivity contribution in [2.24, 2.45) is 0 Å². The molecular formula is C35H42O8S2Si. The van der Waals surface area contributed by atoms with Gasteiger partial charge in [-0.3, -0.25) is 8.37 Å². The van der Waals surface area contributed by atoms with Gasteiger partial charge >= 0.3 is 0 Å². The molecule has 0 radical (unpaired) electrons. The lowest BCUT2D eigenvalue weighted by Gasteiger charge is -2.43. The zero-order valence-corrected chi connectivity index (χ0v) is 29.5. The van der Waals surface area contributed by atoms with Gasteiger partial charge in [0, 0.05) is 0 Å². The fourth-order valence-corrected chi connectivity index (χ4v) is 11.6. The molecule has 0 heterocycles. The first-order valence-electron chi connectivity index (χ1n) is 15.0. The Morgan fingerprint density at radius 2 is 1.02 bits per heavy atom. The lowest BCUT2D eigenvalue weighted by molar-refractivity contribution is -0.0178. The molecule has 0 saturated carbocycles. The van der Waals surface area contributed by atoms with Gasteiger partial charge in [0.05, 0.1) is 36.2 Å². The molecule has 46 heavy (non-hydrogen) atoms. The van der Waals surface area contributed by atoms with Crippen LogP contribution in [0, 0.1) is 13.8 Å². The second-order valence-electron chi connectivity index (χ2n) is 12.1. The van der Waals surface area contributed by atoms with E-state index in [1.54, 1.807) is 24.3 Å². The van der Waals surface area contributed by atoms with Gasteiger partial charge in [-0.25, -0.2) is 0 Å². The van der Waals surface area contributed by atoms with Crippen LogP contribution in [0.2, 0.25) is 5.04 Å². The fourth-order valence-electron chi connectivity index (χ4n) is 5.19. The third-order valence-corrected chi connectivity index (χ3v) is 15.2. The van der Waals surface area contributed by atoms with Crippen LogP contribution in [0.1, 0.15) is 31.9 Å². The molecule has 0 fully saturated rings. The molecule has 4 aromatic rings. The standard InChI is InChI=1S/C35H42O8S2Si/c1-28-16-20-31(21-17-28)44(36,37)41-25-24-40-30(26-42-45(38,39)32-22-18-29(2)19-23-32)27-43-46(35(3,4)5,33-12-8-6-9-13-33)34-14-10-7-11-15-34/h6-23,30H,24-27H2,1-5H3/t30-/m0/s1. The summed E-state index contributed by atoms with van der Waals surface area (Å²) in [5.41, 5.74) is 1.84. The number of rotatable bonds is 15. The molecule has 246 valence electrons. The van der Waals surface area contributed by atoms with Gasteiger partial charge in [0.2, 0.25) is 0 Å². The summed E-state index contributed by atoms with van der Waals surface area (Å²) >= 11 is 0. The predicted octanol–water partition coefficient (Wildman–Crippen LogP) is 5.38. The molecule has 4 rings (SSSR count). The minimum atomic E-state index is -4.10. The molecular weight excluding hydrogens is 641 g/mol. The van der Waals surface area contributed by atoms with Gasteiger partial charge in [-0.05, 0) is 53.5 Å². The molecule has 0 N–H and O–H groups in total. The average Bonchev–Trinajstić information content (AvgIpc) is 3.02. The van der Waals surface area contributed by atoms with Crippen LogP contribution >= 0.6 is 0 Å². The lowest BCUT2D eigenvalue weighted by atomic mass is 10.2. The molecule has 0 aliphatic heterocycles. The summed E-state index contributed by atoms with van der Waals surface area (Å²) in [6.45, 7) is 9.35. The van der Waals surface area contributed by atoms with E-state index < -0.39 is 34.7 Å². The molecule has 0 unspecified atom stereocenters. The summed E-state index contributed by atoms with van der Waals surface area (Å²) in [7, 11) is -11.1. The quantitative estimate of drug-likeness (QED) is 0.0936. The summed E-state index contributed by atoms with van der Waals surface area (Å²) in [5, 5.41) is 1.77. The molecule has 0 aliphatic rings. The van der Waals surface area contributed by atoms with Crippen LogP contribution in [-0.4, -0.2) is 57.7 Å². The van der Waals surface area contributed by atoms with Gasteiger partial charge in [-0.1, -0.05) is 117 Å². The van der Waals surface area contributed by atoms with Crippen molar-refractivity contribution < 1.29 is 34.4 Å². The molecule has 0 aliphatic carbocycles. The molecule has 1 atom stereocenters. The van der Waals surface area contributed by atoms with Crippen LogP contribution in [0.15, 0.2) is 119 Å². The van der Waals surface area contributed by atoms with Crippen LogP contribution in [0.5, 0.6) is 0 Å². The van der Waals surface area contributed by atoms with Crippen molar-refractivity contribution in [3.8, 4) is 0 Å². The number of aryl methyl sites for hydroxylation is 2. The van der Waals surface area contributed by atoms with Crippen molar-refractivity contribution in [2.45, 2.75) is 55.6 Å². The monoisotopic (exact) mass is 682 g/mol. The maximum Gasteiger partial charge on any atom is 0.297 e. The number of ether oxygens (including phenoxy) is 1. The third-order valence-electron chi connectivity index (χ3n) is 7.61. The molecule has 8 nitrogen and oxygen atoms in total. The number of hydrogen-bond acceptors (Lipinski definition) is 8. The Kier molecular flexibility index (Phi) is 11.8. The van der Waals surface area contributed by atoms with Gasteiger partial charge < -0.3 is 9.16 Å². The number of hydrogen-bond donors (Lipinski definition) is 0. The second-order valence-corrected chi connectivity index (χ2v) is 19.6. The summed E-state index contributed by atoms with van der Waals surface area (Å²) in [4.78, 5) is 0.0643. The number of benzene rings is 4. The van der Waals surface area contributed by atoms with E-state index in [2.05, 4.69) is 45.0 Å². The molecule has 0 saturated heterocycles. The topological polar surface area (TPSA) is 105 Å². The molecule has 11 heteroatoms. The molecule has 0 bridgehead atoms. The SMILES string of the molecule is Cc1ccc(S(=O)(=O)OCCO[C@H](CO[Si](c2ccccc2)(c2ccccc2)C(C)(C)C)COS(=O)(=O)c2ccc(C)cc2)cc1. The largest absolute Gasteiger partial charge is 0.405 e. The summed E-state index contributed by atoms with van der Waals surface area (Å²) < 4.78 is 75.3. The highest BCUT2D eigenvalue weighted by atomic mass is 32.2. The van der Waals surface area contributed by atoms with Crippen molar-refractivity contribution >= 4 is 38.9 Å². The van der Waals surface area contributed by atoms with E-state index in [4.69, 9.17) is 17.5 Å². The van der Waals surface area contributed by atoms with Gasteiger partial charge in [0.1, 0.15) is 6.10 Å². The van der Waals surface area contributed by atoms with Crippen LogP contribution in [-0.2, 0) is 37.8 Å². The zero-order valence-electron chi connectivity index (χ0n) is 26.9. The molecule has 0 amide bonds. The van der Waals surface area contributed by atoms with E-state index in [0.717, 1.165) is 21.5 Å². The van der Waals surface area contributed by atoms with Gasteiger partial charge in [-0.15, -0.1) is 0 Å². The van der Waals surface area contributed by atoms with Crippen LogP contribution in [0.3, 0.4) is 0 Å². The molecule has 4 aromatic carbocycles. The highest BCUT2D eigenvalue weighted by Gasteiger charge is 2.50. The van der Waals surface area contributed by atoms with Crippen LogP contribution < -0.4 is 10.4 Å². The van der Waals surface area contributed by atoms with E-state index in [0.29, 0.717) is 0 Å². The summed E-state index contributed by atoms with van der Waals surface area (Å²) in [6, 6.07) is 32.8. The molecule has 0 aromatic heterocycles. The Morgan fingerprint density at radius 3 is 1.46 bits per heavy atom. The first-order chi connectivity index (χ1) is 21.7. The highest BCUT2D eigenvalue weighted by Crippen LogP contribution is 2.37. The lowest BCUT2D eigenvalue weighted by Crippen LogP contribution is -2.67. The Morgan fingerprint density at radius 1 is 0.587 bits per heavy atom. The normalized spacial score (nSPS) is 13.4. The van der Waals surface area contributed by atoms with Crippen molar-refractivity contribution in [3.63, 3.8) is 0 Å². The highest BCUT2D eigenvalue weighted by molar-refractivity contribution is 7.87. The first-order valence-corrected chi connectivity index (χ1v) is 19.8. The maximum atomic E-state index is 13.1. The van der Waals surface area contributed by atoms with Crippen LogP contribution in [0.25, 0.3) is 0 Å². The minimum absolute atomic E-state index is 0.0125. The van der Waals surface area contributed by atoms with E-state index in [1.807, 2.05) is 50.2 Å². The van der Waals surface area contributed by atoms with Crippen molar-refractivity contribution in [1.29, 1.82) is 0 Å². The molecule has 0 spiro atoms. The van der Waals surface area contributed by atoms with E-state index >= 15 is 0 Å². The van der Waals surface area contributed by atoms with E-state index in [1.165, 1.54) is 24.3 Å². The van der Waals surface area contributed by atoms with Crippen molar-refractivity contribution in [1.82, 2.24) is 0 Å². The third kappa shape index (κ3) is 8.80. The second kappa shape index (κ2) is 15.2. The Balaban J connectivity index is 1.57. The minimum Gasteiger partial charge on any atom is -0.405 e. The zero-order chi connectivity index (χ0) is 33.4. The summed E-state index contributed by atoms with van der Waals surface area (Å²) in [5.74, 6) is 0. The maximum absolute atomic E-state index is 13.1. The Labute approximate surface area is 274 Å². The van der Waals surface area contributed by atoms with Crippen LogP contribution in [0.4, 0.5) is 0 Å². The van der Waals surface area contributed by atoms with E-state index in [9.17, 15) is 16.8 Å². The summed E-state index contributed by atoms with van der Waals surface area (Å²) in [6.07, 6.45) is -0.868. The fraction of sp³-hybridized carbons (Fsp3) is 0.314. The average molecular weight is 683 g/mol. The predicted molar refractivity (Wildman–Crippen MR) is 182 cm³/mol. The van der Waals surface area contributed by atoms with Crippen molar-refractivity contribution in [3.05, 3.63) is 120 Å². The Bertz CT molecular complexity index is 1720. The smallest absolute Gasteiger partial charge is 0.297 e. The Hall–Kier alpha value is -3.16. The van der Waals surface area contributed by atoms with Gasteiger partial charge in [0.25, 0.3) is 28.6 Å². The van der Waals surface area contributed by atoms with Crippen molar-refractivity contribution in [2.75, 3.05) is 26.4 Å². The van der Waals surface area contributed by atoms with Gasteiger partial charge in [0.15, 0.2) is 0 Å².